The zero-order valence-electron chi connectivity index (χ0n) is 16.1. The molecule has 7 heteroatoms. The third-order valence-electron chi connectivity index (χ3n) is 5.32. The Labute approximate surface area is 168 Å². The first-order valence-electron chi connectivity index (χ1n) is 9.65. The highest BCUT2D eigenvalue weighted by Gasteiger charge is 2.30. The molecular formula is C22H20N6O. The average Bonchev–Trinajstić information content (AvgIpc) is 3.40. The number of aryl methyl sites for hydroxylation is 1. The minimum atomic E-state index is 0.0208. The summed E-state index contributed by atoms with van der Waals surface area (Å²) in [6, 6.07) is 9.84. The number of carbonyl (C=O) groups is 1. The van der Waals surface area contributed by atoms with Gasteiger partial charge >= 0.3 is 0 Å². The lowest BCUT2D eigenvalue weighted by atomic mass is 10.1. The van der Waals surface area contributed by atoms with Gasteiger partial charge in [0.15, 0.2) is 11.5 Å². The second-order valence-electron chi connectivity index (χ2n) is 7.41. The lowest BCUT2D eigenvalue weighted by Crippen LogP contribution is -2.28. The van der Waals surface area contributed by atoms with E-state index in [9.17, 15) is 4.79 Å². The van der Waals surface area contributed by atoms with E-state index in [2.05, 4.69) is 9.97 Å². The molecule has 1 fully saturated rings. The monoisotopic (exact) mass is 384 g/mol. The molecule has 1 aliphatic heterocycles. The number of likely N-dealkylation sites (tertiary alicyclic amines) is 1. The van der Waals surface area contributed by atoms with Crippen LogP contribution >= 0.6 is 0 Å². The van der Waals surface area contributed by atoms with Gasteiger partial charge in [0.2, 0.25) is 0 Å². The molecule has 0 saturated carbocycles. The van der Waals surface area contributed by atoms with E-state index in [1.807, 2.05) is 52.9 Å². The minimum absolute atomic E-state index is 0.0208. The number of aromatic nitrogens is 5. The quantitative estimate of drug-likeness (QED) is 0.542. The highest BCUT2D eigenvalue weighted by molar-refractivity contribution is 5.94. The molecule has 0 spiro atoms. The molecule has 29 heavy (non-hydrogen) atoms. The molecule has 5 rings (SSSR count). The predicted octanol–water partition coefficient (Wildman–Crippen LogP) is 3.12. The molecule has 0 aliphatic carbocycles. The van der Waals surface area contributed by atoms with Gasteiger partial charge in [0.25, 0.3) is 5.91 Å². The normalized spacial score (nSPS) is 16.4. The van der Waals surface area contributed by atoms with E-state index in [1.165, 1.54) is 0 Å². The Morgan fingerprint density at radius 2 is 1.93 bits per heavy atom. The van der Waals surface area contributed by atoms with Gasteiger partial charge in [0, 0.05) is 55.6 Å². The van der Waals surface area contributed by atoms with Crippen molar-refractivity contribution in [1.82, 2.24) is 29.5 Å². The van der Waals surface area contributed by atoms with Gasteiger partial charge in [-0.05, 0) is 54.8 Å². The van der Waals surface area contributed by atoms with E-state index in [4.69, 9.17) is 10.1 Å². The van der Waals surface area contributed by atoms with Crippen LogP contribution in [0, 0.1) is 6.92 Å². The van der Waals surface area contributed by atoms with Gasteiger partial charge < -0.3 is 4.90 Å². The number of amides is 1. The van der Waals surface area contributed by atoms with E-state index in [0.717, 1.165) is 34.6 Å². The van der Waals surface area contributed by atoms with Crippen molar-refractivity contribution in [2.45, 2.75) is 19.3 Å². The van der Waals surface area contributed by atoms with Gasteiger partial charge in [-0.3, -0.25) is 14.8 Å². The highest BCUT2D eigenvalue weighted by Crippen LogP contribution is 2.27. The smallest absolute Gasteiger partial charge is 0.255 e. The van der Waals surface area contributed by atoms with Crippen LogP contribution < -0.4 is 0 Å². The second kappa shape index (κ2) is 7.09. The molecule has 4 aromatic rings. The van der Waals surface area contributed by atoms with Crippen molar-refractivity contribution in [2.24, 2.45) is 0 Å². The number of rotatable bonds is 3. The topological polar surface area (TPSA) is 76.3 Å². The molecule has 1 saturated heterocycles. The Hall–Kier alpha value is -3.61. The summed E-state index contributed by atoms with van der Waals surface area (Å²) in [5, 5.41) is 4.70. The van der Waals surface area contributed by atoms with Crippen LogP contribution in [0.3, 0.4) is 0 Å². The predicted molar refractivity (Wildman–Crippen MR) is 108 cm³/mol. The standard InChI is InChI=1S/C22H20N6O/c1-15-10-19(12-24-11-15)22(29)27-9-6-18(13-27)21-25-20-3-2-17(14-28(20)26-21)16-4-7-23-8-5-16/h2-5,7-8,10-12,14,18H,6,9,13H2,1H3. The minimum Gasteiger partial charge on any atom is -0.338 e. The first-order valence-corrected chi connectivity index (χ1v) is 9.65. The molecule has 1 atom stereocenters. The summed E-state index contributed by atoms with van der Waals surface area (Å²) in [5.74, 6) is 0.947. The maximum atomic E-state index is 12.8. The van der Waals surface area contributed by atoms with Crippen molar-refractivity contribution >= 4 is 11.6 Å². The fourth-order valence-electron chi connectivity index (χ4n) is 3.80. The Morgan fingerprint density at radius 1 is 1.07 bits per heavy atom. The zero-order chi connectivity index (χ0) is 19.8. The Balaban J connectivity index is 1.37. The van der Waals surface area contributed by atoms with E-state index in [-0.39, 0.29) is 11.8 Å². The van der Waals surface area contributed by atoms with Crippen molar-refractivity contribution in [3.63, 3.8) is 0 Å². The third-order valence-corrected chi connectivity index (χ3v) is 5.32. The first-order chi connectivity index (χ1) is 14.2. The van der Waals surface area contributed by atoms with Crippen molar-refractivity contribution in [1.29, 1.82) is 0 Å². The van der Waals surface area contributed by atoms with Gasteiger partial charge in [-0.1, -0.05) is 0 Å². The molecule has 7 nitrogen and oxygen atoms in total. The first kappa shape index (κ1) is 17.5. The van der Waals surface area contributed by atoms with Crippen molar-refractivity contribution < 1.29 is 4.79 Å². The summed E-state index contributed by atoms with van der Waals surface area (Å²) in [4.78, 5) is 27.6. The molecule has 0 aromatic carbocycles. The lowest BCUT2D eigenvalue weighted by Gasteiger charge is -2.15. The molecule has 1 unspecified atom stereocenters. The molecule has 5 heterocycles. The Kier molecular flexibility index (Phi) is 4.27. The number of hydrogen-bond acceptors (Lipinski definition) is 5. The summed E-state index contributed by atoms with van der Waals surface area (Å²) in [5.41, 5.74) is 4.58. The summed E-state index contributed by atoms with van der Waals surface area (Å²) in [6.07, 6.45) is 9.79. The van der Waals surface area contributed by atoms with E-state index < -0.39 is 0 Å². The molecule has 0 bridgehead atoms. The van der Waals surface area contributed by atoms with Crippen LogP contribution in [0.2, 0.25) is 0 Å². The number of nitrogens with zero attached hydrogens (tertiary/aromatic N) is 6. The summed E-state index contributed by atoms with van der Waals surface area (Å²) in [7, 11) is 0. The maximum Gasteiger partial charge on any atom is 0.255 e. The summed E-state index contributed by atoms with van der Waals surface area (Å²) < 4.78 is 1.82. The second-order valence-corrected chi connectivity index (χ2v) is 7.41. The average molecular weight is 384 g/mol. The van der Waals surface area contributed by atoms with Crippen LogP contribution in [0.4, 0.5) is 0 Å². The maximum absolute atomic E-state index is 12.8. The van der Waals surface area contributed by atoms with Gasteiger partial charge in [0.05, 0.1) is 5.56 Å². The van der Waals surface area contributed by atoms with Crippen LogP contribution in [0.25, 0.3) is 16.8 Å². The third kappa shape index (κ3) is 3.35. The van der Waals surface area contributed by atoms with Gasteiger partial charge in [-0.25, -0.2) is 9.50 Å². The fraction of sp³-hybridized carbons (Fsp3) is 0.227. The molecule has 144 valence electrons. The van der Waals surface area contributed by atoms with Crippen molar-refractivity contribution in [3.8, 4) is 11.1 Å². The van der Waals surface area contributed by atoms with E-state index >= 15 is 0 Å². The van der Waals surface area contributed by atoms with Crippen LogP contribution in [0.1, 0.15) is 34.1 Å². The number of pyridine rings is 3. The molecule has 0 N–H and O–H groups in total. The lowest BCUT2D eigenvalue weighted by molar-refractivity contribution is 0.0790. The van der Waals surface area contributed by atoms with Crippen LogP contribution in [-0.4, -0.2) is 48.5 Å². The van der Waals surface area contributed by atoms with Crippen LogP contribution in [0.15, 0.2) is 61.3 Å². The van der Waals surface area contributed by atoms with Crippen molar-refractivity contribution in [3.05, 3.63) is 78.3 Å². The number of carbonyl (C=O) groups excluding carboxylic acids is 1. The number of hydrogen-bond donors (Lipinski definition) is 0. The van der Waals surface area contributed by atoms with Gasteiger partial charge in [-0.15, -0.1) is 0 Å². The summed E-state index contributed by atoms with van der Waals surface area (Å²) in [6.45, 7) is 3.27. The van der Waals surface area contributed by atoms with Crippen LogP contribution in [0.5, 0.6) is 0 Å². The SMILES string of the molecule is Cc1cncc(C(=O)N2CCC(c3nc4ccc(-c5ccncc5)cn4n3)C2)c1. The summed E-state index contributed by atoms with van der Waals surface area (Å²) >= 11 is 0. The number of fused-ring (bicyclic) bond motifs is 1. The van der Waals surface area contributed by atoms with Crippen LogP contribution in [-0.2, 0) is 0 Å². The molecular weight excluding hydrogens is 364 g/mol. The van der Waals surface area contributed by atoms with E-state index in [0.29, 0.717) is 18.7 Å². The highest BCUT2D eigenvalue weighted by atomic mass is 16.2. The molecule has 0 radical (unpaired) electrons. The molecule has 1 amide bonds. The fourth-order valence-corrected chi connectivity index (χ4v) is 3.80. The zero-order valence-corrected chi connectivity index (χ0v) is 16.1. The largest absolute Gasteiger partial charge is 0.338 e. The Bertz CT molecular complexity index is 1190. The molecule has 1 aliphatic rings. The molecule has 4 aromatic heterocycles. The van der Waals surface area contributed by atoms with E-state index in [1.54, 1.807) is 24.8 Å². The van der Waals surface area contributed by atoms with Crippen molar-refractivity contribution in [2.75, 3.05) is 13.1 Å². The Morgan fingerprint density at radius 3 is 2.76 bits per heavy atom. The van der Waals surface area contributed by atoms with Gasteiger partial charge in [0.1, 0.15) is 0 Å². The van der Waals surface area contributed by atoms with Gasteiger partial charge in [-0.2, -0.15) is 5.10 Å².